The molecule has 3 saturated heterocycles. The Bertz CT molecular complexity index is 1420. The third-order valence-electron chi connectivity index (χ3n) is 11.2. The summed E-state index contributed by atoms with van der Waals surface area (Å²) in [6.45, 7) is 14.8. The van der Waals surface area contributed by atoms with Crippen LogP contribution in [-0.2, 0) is 22.4 Å². The van der Waals surface area contributed by atoms with E-state index in [0.717, 1.165) is 80.0 Å². The number of carbonyl (C=O) groups excluding carboxylic acids is 3. The lowest BCUT2D eigenvalue weighted by atomic mass is 9.93. The van der Waals surface area contributed by atoms with Gasteiger partial charge in [-0.1, -0.05) is 44.2 Å². The van der Waals surface area contributed by atoms with Crippen molar-refractivity contribution in [1.82, 2.24) is 19.6 Å². The molecule has 10 nitrogen and oxygen atoms in total. The predicted molar refractivity (Wildman–Crippen MR) is 196 cm³/mol. The Kier molecular flexibility index (Phi) is 12.5. The Balaban J connectivity index is 0.000000195. The van der Waals surface area contributed by atoms with Gasteiger partial charge in [-0.05, 0) is 113 Å². The van der Waals surface area contributed by atoms with Crippen LogP contribution in [0.2, 0.25) is 0 Å². The smallest absolute Gasteiger partial charge is 0.409 e. The first-order valence-corrected chi connectivity index (χ1v) is 18.4. The van der Waals surface area contributed by atoms with Crippen LogP contribution in [-0.4, -0.2) is 103 Å². The molecular weight excluding hydrogens is 616 g/mol. The predicted octanol–water partition coefficient (Wildman–Crippen LogP) is 6.09. The van der Waals surface area contributed by atoms with Crippen molar-refractivity contribution in [2.45, 2.75) is 91.1 Å². The van der Waals surface area contributed by atoms with Crippen LogP contribution < -0.4 is 11.1 Å². The average Bonchev–Trinajstić information content (AvgIpc) is 3.28. The van der Waals surface area contributed by atoms with Gasteiger partial charge >= 0.3 is 12.1 Å². The minimum absolute atomic E-state index is 0.0276. The number of amides is 4. The van der Waals surface area contributed by atoms with Crippen LogP contribution >= 0.6 is 0 Å². The van der Waals surface area contributed by atoms with Gasteiger partial charge < -0.3 is 35.4 Å². The molecule has 4 aliphatic rings. The summed E-state index contributed by atoms with van der Waals surface area (Å²) in [6, 6.07) is 13.0. The van der Waals surface area contributed by atoms with Crippen molar-refractivity contribution < 1.29 is 19.1 Å². The molecule has 0 spiro atoms. The maximum Gasteiger partial charge on any atom is 0.409 e. The number of nitrogens with two attached hydrogens (primary N) is 1. The lowest BCUT2D eigenvalue weighted by Crippen LogP contribution is -2.50. The van der Waals surface area contributed by atoms with Crippen molar-refractivity contribution in [2.24, 2.45) is 11.8 Å². The van der Waals surface area contributed by atoms with E-state index in [1.807, 2.05) is 36.9 Å². The van der Waals surface area contributed by atoms with Crippen molar-refractivity contribution in [3.63, 3.8) is 0 Å². The molecule has 0 bridgehead atoms. The van der Waals surface area contributed by atoms with Crippen LogP contribution in [0.3, 0.4) is 0 Å². The number of hydrogen-bond acceptors (Lipinski definition) is 6. The Hall–Kier alpha value is -3.79. The summed E-state index contributed by atoms with van der Waals surface area (Å²) in [7, 11) is 1.40. The molecule has 0 aliphatic carbocycles. The highest BCUT2D eigenvalue weighted by atomic mass is 16.5. The Labute approximate surface area is 293 Å². The number of rotatable bonds is 5. The molecular formula is C39H58N6O4. The summed E-state index contributed by atoms with van der Waals surface area (Å²) < 4.78 is 4.75. The number of benzene rings is 2. The van der Waals surface area contributed by atoms with E-state index in [4.69, 9.17) is 10.5 Å². The number of aryl methyl sites for hydroxylation is 2. The lowest BCUT2D eigenvalue weighted by Gasteiger charge is -2.41. The highest BCUT2D eigenvalue weighted by Gasteiger charge is 2.32. The zero-order valence-corrected chi connectivity index (χ0v) is 30.4. The number of para-hydroxylation sites is 1. The first-order chi connectivity index (χ1) is 23.5. The van der Waals surface area contributed by atoms with Crippen LogP contribution in [0.1, 0.15) is 74.6 Å². The molecule has 49 heavy (non-hydrogen) atoms. The van der Waals surface area contributed by atoms with E-state index in [-0.39, 0.29) is 24.1 Å². The number of methoxy groups -OCH3 is 1. The molecule has 6 rings (SSSR count). The Morgan fingerprint density at radius 1 is 0.878 bits per heavy atom. The summed E-state index contributed by atoms with van der Waals surface area (Å²) in [6.07, 6.45) is 7.87. The van der Waals surface area contributed by atoms with E-state index in [1.165, 1.54) is 44.2 Å². The van der Waals surface area contributed by atoms with E-state index in [9.17, 15) is 14.4 Å². The van der Waals surface area contributed by atoms with Gasteiger partial charge in [-0.3, -0.25) is 4.79 Å². The van der Waals surface area contributed by atoms with E-state index in [0.29, 0.717) is 31.6 Å². The summed E-state index contributed by atoms with van der Waals surface area (Å²) in [5, 5.41) is 3.00. The quantitative estimate of drug-likeness (QED) is 0.371. The van der Waals surface area contributed by atoms with Gasteiger partial charge in [0.25, 0.3) is 0 Å². The summed E-state index contributed by atoms with van der Waals surface area (Å²) in [5.74, 6) is 1.22. The second kappa shape index (κ2) is 16.7. The average molecular weight is 675 g/mol. The molecule has 0 unspecified atom stereocenters. The van der Waals surface area contributed by atoms with Crippen molar-refractivity contribution in [3.8, 4) is 0 Å². The van der Waals surface area contributed by atoms with Crippen molar-refractivity contribution >= 4 is 29.4 Å². The zero-order valence-electron chi connectivity index (χ0n) is 30.4. The van der Waals surface area contributed by atoms with Crippen molar-refractivity contribution in [3.05, 3.63) is 58.7 Å². The number of carbonyl (C=O) groups is 3. The van der Waals surface area contributed by atoms with Gasteiger partial charge in [0.05, 0.1) is 7.11 Å². The first-order valence-electron chi connectivity index (χ1n) is 18.4. The molecule has 268 valence electrons. The van der Waals surface area contributed by atoms with E-state index in [2.05, 4.69) is 47.2 Å². The number of piperidine rings is 3. The van der Waals surface area contributed by atoms with Crippen LogP contribution in [0.25, 0.3) is 0 Å². The van der Waals surface area contributed by atoms with Gasteiger partial charge in [0.2, 0.25) is 5.91 Å². The number of nitrogen functional groups attached to an aromatic ring is 1. The molecule has 2 aromatic carbocycles. The van der Waals surface area contributed by atoms with Gasteiger partial charge in [0.1, 0.15) is 0 Å². The fourth-order valence-corrected chi connectivity index (χ4v) is 8.01. The molecule has 0 aromatic heterocycles. The molecule has 3 N–H and O–H groups in total. The Morgan fingerprint density at radius 2 is 1.47 bits per heavy atom. The summed E-state index contributed by atoms with van der Waals surface area (Å²) in [5.41, 5.74) is 12.4. The normalized spacial score (nSPS) is 20.4. The molecule has 10 heteroatoms. The minimum atomic E-state index is -0.286. The second-order valence-electron chi connectivity index (χ2n) is 14.7. The number of likely N-dealkylation sites (tertiary alicyclic amines) is 3. The fraction of sp³-hybridized carbons (Fsp3) is 0.615. The van der Waals surface area contributed by atoms with E-state index in [1.54, 1.807) is 4.90 Å². The molecule has 4 aliphatic heterocycles. The lowest BCUT2D eigenvalue weighted by molar-refractivity contribution is -0.136. The largest absolute Gasteiger partial charge is 0.453 e. The number of fused-ring (bicyclic) bond motifs is 1. The molecule has 2 aromatic rings. The van der Waals surface area contributed by atoms with E-state index < -0.39 is 0 Å². The minimum Gasteiger partial charge on any atom is -0.453 e. The number of anilines is 2. The number of ether oxygens (including phenoxy) is 1. The highest BCUT2D eigenvalue weighted by molar-refractivity contribution is 5.91. The van der Waals surface area contributed by atoms with Gasteiger partial charge in [0.15, 0.2) is 0 Å². The van der Waals surface area contributed by atoms with Gasteiger partial charge in [-0.15, -0.1) is 0 Å². The summed E-state index contributed by atoms with van der Waals surface area (Å²) >= 11 is 0. The van der Waals surface area contributed by atoms with Gasteiger partial charge in [-0.2, -0.15) is 0 Å². The maximum atomic E-state index is 13.0. The third-order valence-corrected chi connectivity index (χ3v) is 11.2. The monoisotopic (exact) mass is 674 g/mol. The molecule has 4 heterocycles. The van der Waals surface area contributed by atoms with Crippen LogP contribution in [0, 0.1) is 25.7 Å². The summed E-state index contributed by atoms with van der Waals surface area (Å²) in [4.78, 5) is 45.3. The van der Waals surface area contributed by atoms with Crippen molar-refractivity contribution in [1.29, 1.82) is 0 Å². The van der Waals surface area contributed by atoms with Gasteiger partial charge in [0, 0.05) is 62.1 Å². The van der Waals surface area contributed by atoms with Gasteiger partial charge in [-0.25, -0.2) is 9.59 Å². The maximum absolute atomic E-state index is 13.0. The number of nitrogens with one attached hydrogen (secondary N) is 1. The number of nitrogens with zero attached hydrogens (tertiary/aromatic N) is 4. The highest BCUT2D eigenvalue weighted by Crippen LogP contribution is 2.27. The number of hydrogen-bond donors (Lipinski definition) is 2. The van der Waals surface area contributed by atoms with E-state index >= 15 is 0 Å². The standard InChI is InChI=1S/C23H37N3O.C16H21N3O3/c1-16-5-9-25(10-6-16)21-7-11-26(12-8-21)23(27)19(4)15-20-13-17(2)22(24)18(3)14-20;1-22-16(21)18-9-7-13(8-10-18)19-11-6-12-4-2-3-5-14(12)17-15(19)20/h13-14,16,19,21H,5-12,15,24H2,1-4H3;2-5,13H,6-11H2,1H3,(H,17,20)/t19-;/m1./s1. The molecule has 4 amide bonds. The topological polar surface area (TPSA) is 111 Å². The third kappa shape index (κ3) is 9.26. The molecule has 1 atom stereocenters. The Morgan fingerprint density at radius 3 is 2.10 bits per heavy atom. The zero-order chi connectivity index (χ0) is 35.1. The van der Waals surface area contributed by atoms with Crippen LogP contribution in [0.4, 0.5) is 21.0 Å². The van der Waals surface area contributed by atoms with Crippen molar-refractivity contribution in [2.75, 3.05) is 64.0 Å². The SMILES string of the molecule is COC(=O)N1CCC(N2CCc3ccccc3NC2=O)CC1.Cc1cc(C[C@@H](C)C(=O)N2CCC(N3CCC(C)CC3)CC2)cc(C)c1N. The fourth-order valence-electron chi connectivity index (χ4n) is 8.01. The number of urea groups is 1. The first kappa shape index (κ1) is 36.5. The molecule has 3 fully saturated rings. The van der Waals surface area contributed by atoms with Crippen LogP contribution in [0.5, 0.6) is 0 Å². The molecule has 0 radical (unpaired) electrons. The second-order valence-corrected chi connectivity index (χ2v) is 14.7. The van der Waals surface area contributed by atoms with Crippen LogP contribution in [0.15, 0.2) is 36.4 Å². The molecule has 0 saturated carbocycles.